The number of hydrogen-bond acceptors (Lipinski definition) is 5. The van der Waals surface area contributed by atoms with E-state index in [0.717, 1.165) is 6.20 Å². The number of nitrogen functional groups attached to an aromatic ring is 1. The van der Waals surface area contributed by atoms with Crippen LogP contribution in [0.2, 0.25) is 5.02 Å². The summed E-state index contributed by atoms with van der Waals surface area (Å²) in [7, 11) is -3.85. The Morgan fingerprint density at radius 1 is 1.47 bits per heavy atom. The fourth-order valence-electron chi connectivity index (χ4n) is 1.38. The van der Waals surface area contributed by atoms with Gasteiger partial charge in [0.15, 0.2) is 0 Å². The number of halogens is 1. The minimum absolute atomic E-state index is 0.0627. The molecule has 19 heavy (non-hydrogen) atoms. The molecule has 0 bridgehead atoms. The van der Waals surface area contributed by atoms with Crippen molar-refractivity contribution in [1.29, 1.82) is 5.26 Å². The Bertz CT molecular complexity index is 762. The van der Waals surface area contributed by atoms with Crippen LogP contribution in [0.25, 0.3) is 0 Å². The first-order valence-corrected chi connectivity index (χ1v) is 6.81. The van der Waals surface area contributed by atoms with Gasteiger partial charge < -0.3 is 5.73 Å². The van der Waals surface area contributed by atoms with Crippen LogP contribution in [-0.2, 0) is 10.0 Å². The molecule has 0 aliphatic heterocycles. The smallest absolute Gasteiger partial charge is 0.267 e. The Morgan fingerprint density at radius 2 is 2.21 bits per heavy atom. The van der Waals surface area contributed by atoms with Gasteiger partial charge in [0.1, 0.15) is 16.8 Å². The third-order valence-electron chi connectivity index (χ3n) is 2.26. The van der Waals surface area contributed by atoms with Gasteiger partial charge in [0.05, 0.1) is 22.5 Å². The lowest BCUT2D eigenvalue weighted by Crippen LogP contribution is -2.13. The van der Waals surface area contributed by atoms with Crippen molar-refractivity contribution in [2.45, 2.75) is 4.90 Å². The molecule has 9 heteroatoms. The first kappa shape index (κ1) is 13.2. The zero-order chi connectivity index (χ0) is 14.0. The molecular formula is C10H8ClN5O2S. The number of rotatable bonds is 3. The number of hydrogen-bond donors (Lipinski definition) is 3. The van der Waals surface area contributed by atoms with Crippen molar-refractivity contribution in [2.24, 2.45) is 0 Å². The van der Waals surface area contributed by atoms with E-state index in [9.17, 15) is 8.42 Å². The summed E-state index contributed by atoms with van der Waals surface area (Å²) in [4.78, 5) is -0.159. The van der Waals surface area contributed by atoms with Crippen LogP contribution >= 0.6 is 11.6 Å². The fourth-order valence-corrected chi connectivity index (χ4v) is 2.68. The van der Waals surface area contributed by atoms with Crippen LogP contribution in [0.15, 0.2) is 29.3 Å². The maximum Gasteiger partial charge on any atom is 0.267 e. The molecule has 1 aromatic carbocycles. The molecule has 0 saturated heterocycles. The maximum absolute atomic E-state index is 12.0. The number of sulfonamides is 1. The van der Waals surface area contributed by atoms with Gasteiger partial charge in [-0.1, -0.05) is 11.6 Å². The lowest BCUT2D eigenvalue weighted by atomic mass is 10.2. The van der Waals surface area contributed by atoms with Crippen molar-refractivity contribution in [3.8, 4) is 6.07 Å². The highest BCUT2D eigenvalue weighted by Gasteiger charge is 2.19. The van der Waals surface area contributed by atoms with Gasteiger partial charge in [-0.3, -0.25) is 9.82 Å². The number of nitrogens with zero attached hydrogens (tertiary/aromatic N) is 2. The highest BCUT2D eigenvalue weighted by molar-refractivity contribution is 7.92. The van der Waals surface area contributed by atoms with E-state index in [1.54, 1.807) is 0 Å². The predicted molar refractivity (Wildman–Crippen MR) is 70.0 cm³/mol. The lowest BCUT2D eigenvalue weighted by molar-refractivity contribution is 0.601. The summed E-state index contributed by atoms with van der Waals surface area (Å²) in [5.74, 6) is -0.0627. The van der Waals surface area contributed by atoms with Gasteiger partial charge in [0.2, 0.25) is 0 Å². The highest BCUT2D eigenvalue weighted by atomic mass is 35.5. The summed E-state index contributed by atoms with van der Waals surface area (Å²) in [6, 6.07) is 6.06. The molecule has 0 aliphatic rings. The molecule has 0 fully saturated rings. The number of nitrogens with one attached hydrogen (secondary N) is 2. The molecule has 7 nitrogen and oxygen atoms in total. The molecule has 0 amide bonds. The van der Waals surface area contributed by atoms with Crippen molar-refractivity contribution in [2.75, 3.05) is 10.5 Å². The van der Waals surface area contributed by atoms with E-state index in [4.69, 9.17) is 22.6 Å². The number of aromatic amines is 1. The van der Waals surface area contributed by atoms with Crippen LogP contribution in [0.1, 0.15) is 5.56 Å². The number of aromatic nitrogens is 2. The van der Waals surface area contributed by atoms with Crippen LogP contribution in [0.3, 0.4) is 0 Å². The van der Waals surface area contributed by atoms with E-state index in [1.807, 2.05) is 6.07 Å². The quantitative estimate of drug-likeness (QED) is 0.788. The summed E-state index contributed by atoms with van der Waals surface area (Å²) in [6.45, 7) is 0. The average Bonchev–Trinajstić information content (AvgIpc) is 2.76. The van der Waals surface area contributed by atoms with E-state index < -0.39 is 10.0 Å². The van der Waals surface area contributed by atoms with E-state index in [1.165, 1.54) is 18.2 Å². The van der Waals surface area contributed by atoms with E-state index in [0.29, 0.717) is 0 Å². The Morgan fingerprint density at radius 3 is 2.74 bits per heavy atom. The topological polar surface area (TPSA) is 125 Å². The lowest BCUT2D eigenvalue weighted by Gasteiger charge is -2.07. The van der Waals surface area contributed by atoms with Crippen LogP contribution in [0, 0.1) is 11.3 Å². The van der Waals surface area contributed by atoms with Crippen LogP contribution in [0.5, 0.6) is 0 Å². The number of benzene rings is 1. The van der Waals surface area contributed by atoms with E-state index in [2.05, 4.69) is 14.9 Å². The molecule has 0 spiro atoms. The first-order chi connectivity index (χ1) is 8.94. The van der Waals surface area contributed by atoms with E-state index in [-0.39, 0.29) is 27.0 Å². The van der Waals surface area contributed by atoms with Crippen molar-refractivity contribution in [3.05, 3.63) is 35.0 Å². The van der Waals surface area contributed by atoms with Gasteiger partial charge in [0, 0.05) is 0 Å². The second kappa shape index (κ2) is 4.79. The third kappa shape index (κ3) is 2.62. The predicted octanol–water partition coefficient (Wildman–Crippen LogP) is 1.32. The standard InChI is InChI=1S/C10H8ClN5O2S/c11-8-3-7(2-1-6(8)4-12)16-19(17,18)9-5-14-15-10(9)13/h1-3,5,16H,(H3,13,14,15). The molecule has 98 valence electrons. The normalized spacial score (nSPS) is 10.9. The third-order valence-corrected chi connectivity index (χ3v) is 3.99. The average molecular weight is 298 g/mol. The summed E-state index contributed by atoms with van der Waals surface area (Å²) in [5, 5.41) is 14.7. The number of nitrogens with two attached hydrogens (primary N) is 1. The Hall–Kier alpha value is -2.24. The van der Waals surface area contributed by atoms with Gasteiger partial charge in [0.25, 0.3) is 10.0 Å². The Labute approximate surface area is 114 Å². The second-order valence-electron chi connectivity index (χ2n) is 3.56. The molecule has 0 atom stereocenters. The highest BCUT2D eigenvalue weighted by Crippen LogP contribution is 2.23. The fraction of sp³-hybridized carbons (Fsp3) is 0. The van der Waals surface area contributed by atoms with Crippen molar-refractivity contribution in [1.82, 2.24) is 10.2 Å². The van der Waals surface area contributed by atoms with Gasteiger partial charge in [-0.05, 0) is 18.2 Å². The van der Waals surface area contributed by atoms with Gasteiger partial charge in [-0.2, -0.15) is 10.4 Å². The molecule has 4 N–H and O–H groups in total. The maximum atomic E-state index is 12.0. The molecule has 2 rings (SSSR count). The molecule has 2 aromatic rings. The molecule has 0 radical (unpaired) electrons. The molecule has 1 aromatic heterocycles. The molecule has 0 saturated carbocycles. The zero-order valence-electron chi connectivity index (χ0n) is 9.38. The first-order valence-electron chi connectivity index (χ1n) is 4.95. The van der Waals surface area contributed by atoms with Crippen molar-refractivity contribution in [3.63, 3.8) is 0 Å². The Balaban J connectivity index is 2.34. The molecule has 0 aliphatic carbocycles. The molecule has 0 unspecified atom stereocenters. The minimum atomic E-state index is -3.85. The summed E-state index contributed by atoms with van der Waals surface area (Å²) >= 11 is 5.81. The SMILES string of the molecule is N#Cc1ccc(NS(=O)(=O)c2cn[nH]c2N)cc1Cl. The van der Waals surface area contributed by atoms with Crippen LogP contribution < -0.4 is 10.5 Å². The molecule has 1 heterocycles. The summed E-state index contributed by atoms with van der Waals surface area (Å²) < 4.78 is 26.3. The summed E-state index contributed by atoms with van der Waals surface area (Å²) in [5.41, 5.74) is 5.93. The number of H-pyrrole nitrogens is 1. The van der Waals surface area contributed by atoms with E-state index >= 15 is 0 Å². The minimum Gasteiger partial charge on any atom is -0.383 e. The summed E-state index contributed by atoms with van der Waals surface area (Å²) in [6.07, 6.45) is 1.10. The largest absolute Gasteiger partial charge is 0.383 e. The van der Waals surface area contributed by atoms with Gasteiger partial charge in [-0.25, -0.2) is 8.42 Å². The van der Waals surface area contributed by atoms with Crippen molar-refractivity contribution < 1.29 is 8.42 Å². The van der Waals surface area contributed by atoms with Gasteiger partial charge >= 0.3 is 0 Å². The number of nitriles is 1. The Kier molecular flexibility index (Phi) is 3.33. The number of anilines is 2. The molecular weight excluding hydrogens is 290 g/mol. The monoisotopic (exact) mass is 297 g/mol. The second-order valence-corrected chi connectivity index (χ2v) is 5.62. The zero-order valence-corrected chi connectivity index (χ0v) is 11.0. The van der Waals surface area contributed by atoms with Crippen LogP contribution in [-0.4, -0.2) is 18.6 Å². The van der Waals surface area contributed by atoms with Crippen molar-refractivity contribution >= 4 is 33.1 Å². The van der Waals surface area contributed by atoms with Crippen LogP contribution in [0.4, 0.5) is 11.5 Å². The van der Waals surface area contributed by atoms with Gasteiger partial charge in [-0.15, -0.1) is 0 Å².